The van der Waals surface area contributed by atoms with Crippen molar-refractivity contribution in [2.24, 2.45) is 0 Å². The van der Waals surface area contributed by atoms with Gasteiger partial charge in [0.2, 0.25) is 0 Å². The van der Waals surface area contributed by atoms with Gasteiger partial charge in [0.1, 0.15) is 0 Å². The SMILES string of the molecule is COc1ccc(C(=O)Nc2ccc(C(C)(C)C#N)c(C#N)c2)cc1OC. The number of nitriles is 2. The molecule has 0 heterocycles. The lowest BCUT2D eigenvalue weighted by Gasteiger charge is -2.18. The fourth-order valence-corrected chi connectivity index (χ4v) is 2.50. The monoisotopic (exact) mass is 349 g/mol. The highest BCUT2D eigenvalue weighted by Gasteiger charge is 2.23. The maximum Gasteiger partial charge on any atom is 0.255 e. The second kappa shape index (κ2) is 7.58. The van der Waals surface area contributed by atoms with E-state index in [1.807, 2.05) is 0 Å². The predicted octanol–water partition coefficient (Wildman–Crippen LogP) is 3.63. The fourth-order valence-electron chi connectivity index (χ4n) is 2.50. The molecule has 6 heteroatoms. The first kappa shape index (κ1) is 18.8. The van der Waals surface area contributed by atoms with Crippen molar-refractivity contribution in [1.29, 1.82) is 10.5 Å². The van der Waals surface area contributed by atoms with Gasteiger partial charge >= 0.3 is 0 Å². The van der Waals surface area contributed by atoms with Crippen LogP contribution in [0.15, 0.2) is 36.4 Å². The number of methoxy groups -OCH3 is 2. The van der Waals surface area contributed by atoms with E-state index in [1.165, 1.54) is 14.2 Å². The van der Waals surface area contributed by atoms with Gasteiger partial charge in [-0.15, -0.1) is 0 Å². The molecule has 1 amide bonds. The van der Waals surface area contributed by atoms with Crippen molar-refractivity contribution >= 4 is 11.6 Å². The number of hydrogen-bond acceptors (Lipinski definition) is 5. The largest absolute Gasteiger partial charge is 0.493 e. The third-order valence-electron chi connectivity index (χ3n) is 4.00. The van der Waals surface area contributed by atoms with Crippen molar-refractivity contribution in [2.75, 3.05) is 19.5 Å². The van der Waals surface area contributed by atoms with Gasteiger partial charge < -0.3 is 14.8 Å². The van der Waals surface area contributed by atoms with Gasteiger partial charge in [0, 0.05) is 11.3 Å². The first-order chi connectivity index (χ1) is 12.4. The van der Waals surface area contributed by atoms with Crippen molar-refractivity contribution in [1.82, 2.24) is 0 Å². The second-order valence-electron chi connectivity index (χ2n) is 6.13. The van der Waals surface area contributed by atoms with Gasteiger partial charge in [0.05, 0.1) is 37.3 Å². The van der Waals surface area contributed by atoms with Crippen LogP contribution in [0.25, 0.3) is 0 Å². The number of rotatable bonds is 5. The molecular formula is C20H19N3O3. The topological polar surface area (TPSA) is 95.1 Å². The summed E-state index contributed by atoms with van der Waals surface area (Å²) < 4.78 is 10.4. The van der Waals surface area contributed by atoms with Crippen LogP contribution in [0.5, 0.6) is 11.5 Å². The zero-order chi connectivity index (χ0) is 19.3. The number of benzene rings is 2. The number of hydrogen-bond donors (Lipinski definition) is 1. The lowest BCUT2D eigenvalue weighted by Crippen LogP contribution is -2.17. The fraction of sp³-hybridized carbons (Fsp3) is 0.250. The summed E-state index contributed by atoms with van der Waals surface area (Å²) in [5, 5.41) is 21.4. The summed E-state index contributed by atoms with van der Waals surface area (Å²) in [7, 11) is 3.01. The standard InChI is InChI=1S/C20H19N3O3/c1-20(2,12-22)16-7-6-15(9-14(16)11-21)23-19(24)13-5-8-17(25-3)18(10-13)26-4/h5-10H,1-4H3,(H,23,24). The molecule has 26 heavy (non-hydrogen) atoms. The van der Waals surface area contributed by atoms with E-state index in [1.54, 1.807) is 50.2 Å². The van der Waals surface area contributed by atoms with E-state index in [0.29, 0.717) is 33.9 Å². The number of nitrogens with one attached hydrogen (secondary N) is 1. The highest BCUT2D eigenvalue weighted by atomic mass is 16.5. The van der Waals surface area contributed by atoms with Gasteiger partial charge in [0.15, 0.2) is 11.5 Å². The molecule has 0 radical (unpaired) electrons. The third kappa shape index (κ3) is 3.76. The molecule has 0 aliphatic carbocycles. The highest BCUT2D eigenvalue weighted by Crippen LogP contribution is 2.29. The Bertz CT molecular complexity index is 921. The van der Waals surface area contributed by atoms with E-state index in [0.717, 1.165) is 0 Å². The van der Waals surface area contributed by atoms with E-state index in [4.69, 9.17) is 9.47 Å². The van der Waals surface area contributed by atoms with Crippen molar-refractivity contribution in [3.8, 4) is 23.6 Å². The summed E-state index contributed by atoms with van der Waals surface area (Å²) in [5.74, 6) is 0.630. The molecule has 0 spiro atoms. The van der Waals surface area contributed by atoms with E-state index < -0.39 is 5.41 Å². The molecular weight excluding hydrogens is 330 g/mol. The Labute approximate surface area is 152 Å². The smallest absolute Gasteiger partial charge is 0.255 e. The van der Waals surface area contributed by atoms with Gasteiger partial charge in [-0.3, -0.25) is 4.79 Å². The Kier molecular flexibility index (Phi) is 5.49. The van der Waals surface area contributed by atoms with Gasteiger partial charge in [-0.05, 0) is 49.7 Å². The zero-order valence-electron chi connectivity index (χ0n) is 15.1. The van der Waals surface area contributed by atoms with Crippen LogP contribution in [-0.4, -0.2) is 20.1 Å². The van der Waals surface area contributed by atoms with Crippen LogP contribution >= 0.6 is 0 Å². The molecule has 1 N–H and O–H groups in total. The normalized spacial score (nSPS) is 10.4. The molecule has 2 aromatic carbocycles. The van der Waals surface area contributed by atoms with Crippen molar-refractivity contribution in [3.05, 3.63) is 53.1 Å². The van der Waals surface area contributed by atoms with Crippen LogP contribution in [0.3, 0.4) is 0 Å². The summed E-state index contributed by atoms with van der Waals surface area (Å²) in [4.78, 5) is 12.5. The molecule has 0 unspecified atom stereocenters. The minimum Gasteiger partial charge on any atom is -0.493 e. The van der Waals surface area contributed by atoms with Crippen molar-refractivity contribution in [2.45, 2.75) is 19.3 Å². The van der Waals surface area contributed by atoms with Crippen LogP contribution in [0.4, 0.5) is 5.69 Å². The van der Waals surface area contributed by atoms with Crippen LogP contribution in [0.1, 0.15) is 35.3 Å². The van der Waals surface area contributed by atoms with E-state index in [2.05, 4.69) is 17.5 Å². The molecule has 2 rings (SSSR count). The summed E-state index contributed by atoms with van der Waals surface area (Å²) in [6.07, 6.45) is 0. The van der Waals surface area contributed by atoms with Crippen LogP contribution in [-0.2, 0) is 5.41 Å². The van der Waals surface area contributed by atoms with E-state index in [-0.39, 0.29) is 5.91 Å². The quantitative estimate of drug-likeness (QED) is 0.889. The summed E-state index contributed by atoms with van der Waals surface area (Å²) in [6, 6.07) is 14.0. The Hall–Kier alpha value is -3.51. The van der Waals surface area contributed by atoms with Gasteiger partial charge in [-0.2, -0.15) is 10.5 Å². The first-order valence-electron chi connectivity index (χ1n) is 7.85. The molecule has 0 aliphatic heterocycles. The van der Waals surface area contributed by atoms with E-state index >= 15 is 0 Å². The molecule has 6 nitrogen and oxygen atoms in total. The summed E-state index contributed by atoms with van der Waals surface area (Å²) in [5.41, 5.74) is 1.03. The average Bonchev–Trinajstić information content (AvgIpc) is 2.66. The summed E-state index contributed by atoms with van der Waals surface area (Å²) >= 11 is 0. The number of ether oxygens (including phenoxy) is 2. The molecule has 0 saturated carbocycles. The molecule has 0 aromatic heterocycles. The van der Waals surface area contributed by atoms with E-state index in [9.17, 15) is 15.3 Å². The average molecular weight is 349 g/mol. The number of carbonyl (C=O) groups excluding carboxylic acids is 1. The first-order valence-corrected chi connectivity index (χ1v) is 7.85. The van der Waals surface area contributed by atoms with Gasteiger partial charge in [-0.25, -0.2) is 0 Å². The van der Waals surface area contributed by atoms with Crippen LogP contribution in [0.2, 0.25) is 0 Å². The molecule has 0 fully saturated rings. The Morgan fingerprint density at radius 1 is 1.04 bits per heavy atom. The van der Waals surface area contributed by atoms with Gasteiger partial charge in [0.25, 0.3) is 5.91 Å². The lowest BCUT2D eigenvalue weighted by atomic mass is 9.83. The molecule has 0 atom stereocenters. The van der Waals surface area contributed by atoms with Crippen molar-refractivity contribution < 1.29 is 14.3 Å². The lowest BCUT2D eigenvalue weighted by molar-refractivity contribution is 0.102. The minimum atomic E-state index is -0.795. The number of amides is 1. The number of carbonyl (C=O) groups is 1. The number of nitrogens with zero attached hydrogens (tertiary/aromatic N) is 2. The highest BCUT2D eigenvalue weighted by molar-refractivity contribution is 6.04. The molecule has 132 valence electrons. The molecule has 0 saturated heterocycles. The number of anilines is 1. The Morgan fingerprint density at radius 3 is 2.31 bits per heavy atom. The van der Waals surface area contributed by atoms with Crippen molar-refractivity contribution in [3.63, 3.8) is 0 Å². The molecule has 0 bridgehead atoms. The van der Waals surface area contributed by atoms with Crippen LogP contribution < -0.4 is 14.8 Å². The second-order valence-corrected chi connectivity index (χ2v) is 6.13. The Balaban J connectivity index is 2.30. The zero-order valence-corrected chi connectivity index (χ0v) is 15.1. The minimum absolute atomic E-state index is 0.345. The van der Waals surface area contributed by atoms with Gasteiger partial charge in [-0.1, -0.05) is 6.07 Å². The summed E-state index contributed by atoms with van der Waals surface area (Å²) in [6.45, 7) is 3.48. The molecule has 0 aliphatic rings. The Morgan fingerprint density at radius 2 is 1.73 bits per heavy atom. The maximum atomic E-state index is 12.5. The van der Waals surface area contributed by atoms with Crippen LogP contribution in [0, 0.1) is 22.7 Å². The third-order valence-corrected chi connectivity index (χ3v) is 4.00. The maximum absolute atomic E-state index is 12.5. The molecule has 2 aromatic rings. The predicted molar refractivity (Wildman–Crippen MR) is 97.3 cm³/mol.